The number of aromatic amines is 1. The number of benzene rings is 3. The van der Waals surface area contributed by atoms with Crippen LogP contribution in [0, 0.1) is 6.92 Å². The van der Waals surface area contributed by atoms with Crippen LogP contribution < -0.4 is 10.2 Å². The van der Waals surface area contributed by atoms with Crippen LogP contribution in [0.15, 0.2) is 60.7 Å². The number of anilines is 2. The summed E-state index contributed by atoms with van der Waals surface area (Å²) in [4.78, 5) is 23.7. The molecule has 5 heteroatoms. The lowest BCUT2D eigenvalue weighted by Crippen LogP contribution is -2.24. The first-order valence-electron chi connectivity index (χ1n) is 12.0. The smallest absolute Gasteiger partial charge is 0.255 e. The molecule has 0 aliphatic heterocycles. The number of hydrogen-bond donors (Lipinski definition) is 2. The van der Waals surface area contributed by atoms with Crippen molar-refractivity contribution in [2.75, 3.05) is 23.3 Å². The average Bonchev–Trinajstić information content (AvgIpc) is 3.22. The number of nitrogens with zero attached hydrogens (tertiary/aromatic N) is 2. The Morgan fingerprint density at radius 1 is 1.00 bits per heavy atom. The van der Waals surface area contributed by atoms with Gasteiger partial charge < -0.3 is 15.2 Å². The van der Waals surface area contributed by atoms with Crippen LogP contribution in [0.5, 0.6) is 0 Å². The van der Waals surface area contributed by atoms with Crippen LogP contribution in [0.4, 0.5) is 11.4 Å². The van der Waals surface area contributed by atoms with Gasteiger partial charge in [0.15, 0.2) is 0 Å². The zero-order valence-electron chi connectivity index (χ0n) is 21.0. The predicted octanol–water partition coefficient (Wildman–Crippen LogP) is 6.93. The predicted molar refractivity (Wildman–Crippen MR) is 143 cm³/mol. The molecule has 1 aromatic heterocycles. The molecular formula is C29H34N4O. The average molecular weight is 455 g/mol. The summed E-state index contributed by atoms with van der Waals surface area (Å²) < 4.78 is 0. The molecule has 0 aliphatic carbocycles. The lowest BCUT2D eigenvalue weighted by molar-refractivity contribution is 0.102. The molecule has 4 aromatic rings. The molecule has 34 heavy (non-hydrogen) atoms. The maximum atomic E-state index is 13.2. The van der Waals surface area contributed by atoms with Gasteiger partial charge in [-0.1, -0.05) is 57.2 Å². The molecule has 2 N–H and O–H groups in total. The molecule has 0 aliphatic rings. The topological polar surface area (TPSA) is 61.0 Å². The van der Waals surface area contributed by atoms with Gasteiger partial charge in [-0.05, 0) is 61.6 Å². The first-order valence-corrected chi connectivity index (χ1v) is 12.0. The van der Waals surface area contributed by atoms with Crippen LogP contribution in [0.3, 0.4) is 0 Å². The number of aromatic nitrogens is 2. The van der Waals surface area contributed by atoms with Gasteiger partial charge in [0.1, 0.15) is 5.82 Å². The fourth-order valence-corrected chi connectivity index (χ4v) is 4.25. The minimum atomic E-state index is -0.119. The van der Waals surface area contributed by atoms with Crippen molar-refractivity contribution in [1.29, 1.82) is 0 Å². The zero-order valence-corrected chi connectivity index (χ0v) is 21.0. The Balaban J connectivity index is 1.73. The van der Waals surface area contributed by atoms with Crippen molar-refractivity contribution in [2.45, 2.75) is 47.0 Å². The van der Waals surface area contributed by atoms with E-state index in [2.05, 4.69) is 74.9 Å². The number of carbonyl (C=O) groups excluding carboxylic acids is 1. The second kappa shape index (κ2) is 9.34. The Morgan fingerprint density at radius 2 is 1.68 bits per heavy atom. The first-order chi connectivity index (χ1) is 16.2. The third-order valence-electron chi connectivity index (χ3n) is 6.36. The van der Waals surface area contributed by atoms with E-state index in [9.17, 15) is 4.79 Å². The van der Waals surface area contributed by atoms with Crippen molar-refractivity contribution in [2.24, 2.45) is 0 Å². The van der Waals surface area contributed by atoms with Gasteiger partial charge in [0.2, 0.25) is 0 Å². The second-order valence-electron chi connectivity index (χ2n) is 9.74. The van der Waals surface area contributed by atoms with Crippen molar-refractivity contribution >= 4 is 28.3 Å². The van der Waals surface area contributed by atoms with Crippen molar-refractivity contribution in [3.05, 3.63) is 77.4 Å². The fraction of sp³-hybridized carbons (Fsp3) is 0.310. The molecule has 0 unspecified atom stereocenters. The normalized spacial score (nSPS) is 11.6. The third kappa shape index (κ3) is 4.69. The summed E-state index contributed by atoms with van der Waals surface area (Å²) in [5, 5.41) is 3.16. The van der Waals surface area contributed by atoms with Crippen molar-refractivity contribution in [3.63, 3.8) is 0 Å². The van der Waals surface area contributed by atoms with Crippen LogP contribution in [0.1, 0.15) is 56.1 Å². The van der Waals surface area contributed by atoms with Gasteiger partial charge >= 0.3 is 0 Å². The lowest BCUT2D eigenvalue weighted by Gasteiger charge is -2.24. The number of nitrogens with one attached hydrogen (secondary N) is 2. The van der Waals surface area contributed by atoms with Crippen LogP contribution in [-0.4, -0.2) is 29.0 Å². The maximum absolute atomic E-state index is 13.2. The van der Waals surface area contributed by atoms with Crippen molar-refractivity contribution < 1.29 is 4.79 Å². The molecule has 0 atom stereocenters. The van der Waals surface area contributed by atoms with Gasteiger partial charge in [0, 0.05) is 24.2 Å². The molecule has 0 spiro atoms. The fourth-order valence-electron chi connectivity index (χ4n) is 4.25. The standard InChI is InChI=1S/C29H34N4O/c1-7-33(8-2)26-18-24-23(30-27(31-24)22-12-10-9-11-19(22)3)17-25(26)32-28(34)20-13-15-21(16-14-20)29(4,5)6/h9-18H,7-8H2,1-6H3,(H,30,31)(H,32,34). The molecule has 1 amide bonds. The summed E-state index contributed by atoms with van der Waals surface area (Å²) in [5.74, 6) is 0.715. The van der Waals surface area contributed by atoms with E-state index in [1.54, 1.807) is 0 Å². The highest BCUT2D eigenvalue weighted by Gasteiger charge is 2.18. The number of hydrogen-bond acceptors (Lipinski definition) is 3. The summed E-state index contributed by atoms with van der Waals surface area (Å²) in [6.07, 6.45) is 0. The third-order valence-corrected chi connectivity index (χ3v) is 6.36. The highest BCUT2D eigenvalue weighted by atomic mass is 16.1. The lowest BCUT2D eigenvalue weighted by atomic mass is 9.87. The van der Waals surface area contributed by atoms with Gasteiger partial charge in [0.25, 0.3) is 5.91 Å². The van der Waals surface area contributed by atoms with E-state index >= 15 is 0 Å². The van der Waals surface area contributed by atoms with Crippen LogP contribution >= 0.6 is 0 Å². The minimum Gasteiger partial charge on any atom is -0.370 e. The second-order valence-corrected chi connectivity index (χ2v) is 9.74. The Bertz CT molecular complexity index is 1310. The summed E-state index contributed by atoms with van der Waals surface area (Å²) in [6.45, 7) is 14.5. The Labute approximate surface area is 202 Å². The minimum absolute atomic E-state index is 0.0470. The monoisotopic (exact) mass is 454 g/mol. The Morgan fingerprint density at radius 3 is 2.29 bits per heavy atom. The molecule has 0 saturated heterocycles. The summed E-state index contributed by atoms with van der Waals surface area (Å²) in [6, 6.07) is 20.1. The Hall–Kier alpha value is -3.60. The van der Waals surface area contributed by atoms with E-state index in [0.717, 1.165) is 52.4 Å². The van der Waals surface area contributed by atoms with E-state index in [4.69, 9.17) is 4.98 Å². The molecule has 5 nitrogen and oxygen atoms in total. The molecule has 0 fully saturated rings. The van der Waals surface area contributed by atoms with Gasteiger partial charge in [-0.15, -0.1) is 0 Å². The van der Waals surface area contributed by atoms with Crippen LogP contribution in [0.2, 0.25) is 0 Å². The molecular weight excluding hydrogens is 420 g/mol. The molecule has 4 rings (SSSR count). The quantitative estimate of drug-likeness (QED) is 0.332. The van der Waals surface area contributed by atoms with Gasteiger partial charge in [-0.2, -0.15) is 0 Å². The van der Waals surface area contributed by atoms with E-state index in [0.29, 0.717) is 5.56 Å². The number of aryl methyl sites for hydroxylation is 1. The summed E-state index contributed by atoms with van der Waals surface area (Å²) in [5.41, 5.74) is 7.66. The molecule has 0 radical (unpaired) electrons. The first kappa shape index (κ1) is 23.6. The van der Waals surface area contributed by atoms with Crippen molar-refractivity contribution in [1.82, 2.24) is 9.97 Å². The van der Waals surface area contributed by atoms with Crippen LogP contribution in [-0.2, 0) is 5.41 Å². The van der Waals surface area contributed by atoms with E-state index in [-0.39, 0.29) is 11.3 Å². The van der Waals surface area contributed by atoms with E-state index < -0.39 is 0 Å². The van der Waals surface area contributed by atoms with Gasteiger partial charge in [-0.25, -0.2) is 4.98 Å². The van der Waals surface area contributed by atoms with E-state index in [1.807, 2.05) is 42.5 Å². The zero-order chi connectivity index (χ0) is 24.5. The number of carbonyl (C=O) groups is 1. The highest BCUT2D eigenvalue weighted by molar-refractivity contribution is 6.07. The SMILES string of the molecule is CCN(CC)c1cc2nc(-c3ccccc3C)[nH]c2cc1NC(=O)c1ccc(C(C)(C)C)cc1. The Kier molecular flexibility index (Phi) is 6.47. The molecule has 3 aromatic carbocycles. The maximum Gasteiger partial charge on any atom is 0.255 e. The van der Waals surface area contributed by atoms with Gasteiger partial charge in [-0.3, -0.25) is 4.79 Å². The number of H-pyrrole nitrogens is 1. The van der Waals surface area contributed by atoms with Gasteiger partial charge in [0.05, 0.1) is 22.4 Å². The largest absolute Gasteiger partial charge is 0.370 e. The number of imidazole rings is 1. The molecule has 1 heterocycles. The molecule has 176 valence electrons. The summed E-state index contributed by atoms with van der Waals surface area (Å²) in [7, 11) is 0. The van der Waals surface area contributed by atoms with E-state index in [1.165, 1.54) is 5.56 Å². The highest BCUT2D eigenvalue weighted by Crippen LogP contribution is 2.33. The van der Waals surface area contributed by atoms with Crippen molar-refractivity contribution in [3.8, 4) is 11.4 Å². The summed E-state index contributed by atoms with van der Waals surface area (Å²) >= 11 is 0. The molecule has 0 bridgehead atoms. The number of rotatable bonds is 6. The van der Waals surface area contributed by atoms with Crippen LogP contribution in [0.25, 0.3) is 22.4 Å². The number of amides is 1. The molecule has 0 saturated carbocycles. The number of fused-ring (bicyclic) bond motifs is 1.